The molecule has 0 aliphatic rings. The van der Waals surface area contributed by atoms with E-state index in [1.165, 1.54) is 6.07 Å². The normalized spacial score (nSPS) is 10.6. The van der Waals surface area contributed by atoms with Crippen molar-refractivity contribution in [1.29, 1.82) is 0 Å². The highest BCUT2D eigenvalue weighted by Gasteiger charge is 2.12. The number of hydrogen-bond acceptors (Lipinski definition) is 4. The topological polar surface area (TPSA) is 104 Å². The average Bonchev–Trinajstić information content (AvgIpc) is 2.93. The number of nitrogens with zero attached hydrogens (tertiary/aromatic N) is 2. The Kier molecular flexibility index (Phi) is 3.00. The van der Waals surface area contributed by atoms with Crippen molar-refractivity contribution in [2.24, 2.45) is 0 Å². The fourth-order valence-electron chi connectivity index (χ4n) is 1.92. The summed E-state index contributed by atoms with van der Waals surface area (Å²) in [5.41, 5.74) is 2.03. The van der Waals surface area contributed by atoms with Gasteiger partial charge in [0.1, 0.15) is 11.0 Å². The zero-order valence-corrected chi connectivity index (χ0v) is 10.4. The fourth-order valence-corrected chi connectivity index (χ4v) is 1.92. The predicted octanol–water partition coefficient (Wildman–Crippen LogP) is 0.576. The van der Waals surface area contributed by atoms with Crippen LogP contribution in [0.15, 0.2) is 41.2 Å². The molecule has 0 unspecified atom stereocenters. The largest absolute Gasteiger partial charge is 0.346 e. The first-order chi connectivity index (χ1) is 9.74. The highest BCUT2D eigenvalue weighted by atomic mass is 16.1. The number of pyridine rings is 1. The second kappa shape index (κ2) is 4.96. The Morgan fingerprint density at radius 3 is 2.85 bits per heavy atom. The highest BCUT2D eigenvalue weighted by Crippen LogP contribution is 2.13. The Hall–Kier alpha value is -2.96. The lowest BCUT2D eigenvalue weighted by Gasteiger charge is -2.05. The fraction of sp³-hybridized carbons (Fsp3) is 0.0769. The number of benzene rings is 1. The molecule has 20 heavy (non-hydrogen) atoms. The lowest BCUT2D eigenvalue weighted by atomic mass is 10.1. The van der Waals surface area contributed by atoms with E-state index in [-0.39, 0.29) is 18.0 Å². The first kappa shape index (κ1) is 12.1. The molecule has 0 atom stereocenters. The van der Waals surface area contributed by atoms with Crippen LogP contribution in [0.5, 0.6) is 0 Å². The second-order valence-electron chi connectivity index (χ2n) is 4.22. The number of hydrogen-bond donors (Lipinski definition) is 3. The summed E-state index contributed by atoms with van der Waals surface area (Å²) < 4.78 is 0. The zero-order valence-electron chi connectivity index (χ0n) is 10.4. The van der Waals surface area contributed by atoms with E-state index in [0.717, 1.165) is 0 Å². The van der Waals surface area contributed by atoms with Gasteiger partial charge < -0.3 is 10.3 Å². The number of aromatic amines is 2. The lowest BCUT2D eigenvalue weighted by molar-refractivity contribution is 0.0952. The van der Waals surface area contributed by atoms with Crippen molar-refractivity contribution >= 4 is 16.9 Å². The number of fused-ring (bicyclic) bond motifs is 1. The van der Waals surface area contributed by atoms with Crippen LogP contribution < -0.4 is 10.9 Å². The molecule has 0 saturated heterocycles. The van der Waals surface area contributed by atoms with Crippen LogP contribution in [-0.2, 0) is 6.54 Å². The molecule has 0 radical (unpaired) electrons. The summed E-state index contributed by atoms with van der Waals surface area (Å²) in [5, 5.41) is 13.1. The van der Waals surface area contributed by atoms with Crippen molar-refractivity contribution in [2.45, 2.75) is 6.54 Å². The van der Waals surface area contributed by atoms with E-state index < -0.39 is 0 Å². The van der Waals surface area contributed by atoms with Gasteiger partial charge in [-0.1, -0.05) is 12.1 Å². The lowest BCUT2D eigenvalue weighted by Crippen LogP contribution is -2.24. The molecule has 3 aromatic rings. The first-order valence-electron chi connectivity index (χ1n) is 6.00. The van der Waals surface area contributed by atoms with E-state index in [1.54, 1.807) is 30.3 Å². The van der Waals surface area contributed by atoms with Crippen LogP contribution in [0.3, 0.4) is 0 Å². The SMILES string of the molecule is O=C(NCc1cccc(=O)[nH]1)c1cccc2n[nH]nc12. The van der Waals surface area contributed by atoms with Gasteiger partial charge in [0.25, 0.3) is 5.91 Å². The van der Waals surface area contributed by atoms with Gasteiger partial charge in [-0.05, 0) is 18.2 Å². The molecule has 7 heteroatoms. The molecule has 0 fully saturated rings. The molecule has 7 nitrogen and oxygen atoms in total. The zero-order chi connectivity index (χ0) is 13.9. The van der Waals surface area contributed by atoms with Gasteiger partial charge in [0.05, 0.1) is 12.1 Å². The number of para-hydroxylation sites is 1. The van der Waals surface area contributed by atoms with Gasteiger partial charge in [0.2, 0.25) is 5.56 Å². The third kappa shape index (κ3) is 2.28. The molecule has 3 N–H and O–H groups in total. The highest BCUT2D eigenvalue weighted by molar-refractivity contribution is 6.04. The summed E-state index contributed by atoms with van der Waals surface area (Å²) in [4.78, 5) is 25.9. The van der Waals surface area contributed by atoms with Crippen LogP contribution in [0, 0.1) is 0 Å². The van der Waals surface area contributed by atoms with Gasteiger partial charge in [-0.2, -0.15) is 15.4 Å². The quantitative estimate of drug-likeness (QED) is 0.646. The molecule has 1 aromatic carbocycles. The van der Waals surface area contributed by atoms with Gasteiger partial charge in [0.15, 0.2) is 0 Å². The minimum Gasteiger partial charge on any atom is -0.346 e. The first-order valence-corrected chi connectivity index (χ1v) is 6.00. The second-order valence-corrected chi connectivity index (χ2v) is 4.22. The maximum absolute atomic E-state index is 12.1. The molecule has 0 spiro atoms. The Morgan fingerprint density at radius 2 is 2.00 bits per heavy atom. The van der Waals surface area contributed by atoms with Crippen LogP contribution in [0.1, 0.15) is 16.1 Å². The number of carbonyl (C=O) groups is 1. The van der Waals surface area contributed by atoms with Crippen molar-refractivity contribution in [1.82, 2.24) is 25.7 Å². The molecule has 2 aromatic heterocycles. The molecule has 0 bridgehead atoms. The summed E-state index contributed by atoms with van der Waals surface area (Å²) in [6.07, 6.45) is 0. The van der Waals surface area contributed by atoms with Crippen LogP contribution in [0.25, 0.3) is 11.0 Å². The smallest absolute Gasteiger partial charge is 0.253 e. The van der Waals surface area contributed by atoms with Gasteiger partial charge >= 0.3 is 0 Å². The van der Waals surface area contributed by atoms with Crippen LogP contribution in [0.4, 0.5) is 0 Å². The Balaban J connectivity index is 1.80. The molecule has 2 heterocycles. The standard InChI is InChI=1S/C13H11N5O2/c19-11-6-1-3-8(15-11)7-14-13(20)9-4-2-5-10-12(9)17-18-16-10/h1-6H,7H2,(H,14,20)(H,15,19)(H,16,17,18). The summed E-state index contributed by atoms with van der Waals surface area (Å²) >= 11 is 0. The Bertz CT molecular complexity index is 820. The Labute approximate surface area is 113 Å². The number of aromatic nitrogens is 4. The van der Waals surface area contributed by atoms with E-state index in [9.17, 15) is 9.59 Å². The third-order valence-electron chi connectivity index (χ3n) is 2.86. The Morgan fingerprint density at radius 1 is 1.15 bits per heavy atom. The van der Waals surface area contributed by atoms with E-state index in [2.05, 4.69) is 25.7 Å². The summed E-state index contributed by atoms with van der Waals surface area (Å²) in [6, 6.07) is 9.97. The van der Waals surface area contributed by atoms with E-state index in [4.69, 9.17) is 0 Å². The van der Waals surface area contributed by atoms with Crippen molar-refractivity contribution < 1.29 is 4.79 Å². The van der Waals surface area contributed by atoms with Gasteiger partial charge in [0, 0.05) is 11.8 Å². The minimum atomic E-state index is -0.269. The van der Waals surface area contributed by atoms with E-state index in [1.807, 2.05) is 0 Å². The van der Waals surface area contributed by atoms with Crippen LogP contribution >= 0.6 is 0 Å². The molecular formula is C13H11N5O2. The molecule has 1 amide bonds. The monoisotopic (exact) mass is 269 g/mol. The van der Waals surface area contributed by atoms with Crippen molar-refractivity contribution in [3.8, 4) is 0 Å². The van der Waals surface area contributed by atoms with Crippen molar-refractivity contribution in [3.63, 3.8) is 0 Å². The number of amides is 1. The summed E-state index contributed by atoms with van der Waals surface area (Å²) in [6.45, 7) is 0.239. The van der Waals surface area contributed by atoms with Gasteiger partial charge in [-0.15, -0.1) is 0 Å². The minimum absolute atomic E-state index is 0.199. The number of nitrogens with one attached hydrogen (secondary N) is 3. The van der Waals surface area contributed by atoms with Crippen molar-refractivity contribution in [2.75, 3.05) is 0 Å². The third-order valence-corrected chi connectivity index (χ3v) is 2.86. The van der Waals surface area contributed by atoms with Crippen LogP contribution in [-0.4, -0.2) is 26.3 Å². The van der Waals surface area contributed by atoms with Crippen LogP contribution in [0.2, 0.25) is 0 Å². The summed E-state index contributed by atoms with van der Waals surface area (Å²) in [7, 11) is 0. The molecule has 3 rings (SSSR count). The average molecular weight is 269 g/mol. The maximum Gasteiger partial charge on any atom is 0.253 e. The number of rotatable bonds is 3. The number of carbonyl (C=O) groups excluding carboxylic acids is 1. The molecule has 0 aliphatic heterocycles. The van der Waals surface area contributed by atoms with Gasteiger partial charge in [-0.3, -0.25) is 9.59 Å². The summed E-state index contributed by atoms with van der Waals surface area (Å²) in [5.74, 6) is -0.269. The van der Waals surface area contributed by atoms with E-state index >= 15 is 0 Å². The molecule has 100 valence electrons. The van der Waals surface area contributed by atoms with E-state index in [0.29, 0.717) is 22.3 Å². The molecular weight excluding hydrogens is 258 g/mol. The van der Waals surface area contributed by atoms with Gasteiger partial charge in [-0.25, -0.2) is 0 Å². The van der Waals surface area contributed by atoms with Crippen molar-refractivity contribution in [3.05, 3.63) is 58.0 Å². The molecule has 0 saturated carbocycles. The predicted molar refractivity (Wildman–Crippen MR) is 72.1 cm³/mol. The number of H-pyrrole nitrogens is 2. The maximum atomic E-state index is 12.1. The molecule has 0 aliphatic carbocycles.